The molecule has 5 nitrogen and oxygen atoms in total. The first-order chi connectivity index (χ1) is 7.58. The number of ether oxygens (including phenoxy) is 2. The highest BCUT2D eigenvalue weighted by molar-refractivity contribution is 5.95. The predicted octanol–water partition coefficient (Wildman–Crippen LogP) is 0.578. The SMILES string of the molecule is CC1=CC(OC=C2CCN(C)C2=O)OC1=O. The van der Waals surface area contributed by atoms with E-state index in [4.69, 9.17) is 9.47 Å². The van der Waals surface area contributed by atoms with Crippen molar-refractivity contribution in [1.82, 2.24) is 4.90 Å². The standard InChI is InChI=1S/C11H13NO4/c1-7-5-9(16-11(7)14)15-6-8-3-4-12(2)10(8)13/h5-6,9H,3-4H2,1-2H3. The highest BCUT2D eigenvalue weighted by atomic mass is 16.7. The van der Waals surface area contributed by atoms with Crippen LogP contribution in [0, 0.1) is 0 Å². The Morgan fingerprint density at radius 2 is 2.31 bits per heavy atom. The lowest BCUT2D eigenvalue weighted by Gasteiger charge is -2.08. The van der Waals surface area contributed by atoms with E-state index in [1.807, 2.05) is 0 Å². The quantitative estimate of drug-likeness (QED) is 0.390. The van der Waals surface area contributed by atoms with Crippen LogP contribution in [0.15, 0.2) is 23.5 Å². The normalized spacial score (nSPS) is 27.4. The molecule has 0 spiro atoms. The monoisotopic (exact) mass is 223 g/mol. The maximum atomic E-state index is 11.5. The summed E-state index contributed by atoms with van der Waals surface area (Å²) in [4.78, 5) is 24.1. The van der Waals surface area contributed by atoms with Crippen LogP contribution in [-0.2, 0) is 19.1 Å². The number of hydrogen-bond donors (Lipinski definition) is 0. The minimum Gasteiger partial charge on any atom is -0.458 e. The van der Waals surface area contributed by atoms with E-state index in [-0.39, 0.29) is 11.9 Å². The van der Waals surface area contributed by atoms with Gasteiger partial charge in [-0.3, -0.25) is 4.79 Å². The smallest absolute Gasteiger partial charge is 0.336 e. The number of amides is 1. The van der Waals surface area contributed by atoms with Gasteiger partial charge in [0.1, 0.15) is 0 Å². The third-order valence-corrected chi connectivity index (χ3v) is 2.61. The summed E-state index contributed by atoms with van der Waals surface area (Å²) in [5.41, 5.74) is 1.13. The Balaban J connectivity index is 1.96. The fourth-order valence-electron chi connectivity index (χ4n) is 1.57. The van der Waals surface area contributed by atoms with Gasteiger partial charge in [-0.2, -0.15) is 0 Å². The molecule has 1 atom stereocenters. The molecule has 2 aliphatic rings. The summed E-state index contributed by atoms with van der Waals surface area (Å²) < 4.78 is 10.1. The van der Waals surface area contributed by atoms with E-state index in [2.05, 4.69) is 0 Å². The van der Waals surface area contributed by atoms with E-state index < -0.39 is 6.29 Å². The number of carbonyl (C=O) groups is 2. The average molecular weight is 223 g/mol. The Kier molecular flexibility index (Phi) is 2.68. The van der Waals surface area contributed by atoms with E-state index in [0.717, 1.165) is 0 Å². The first-order valence-corrected chi connectivity index (χ1v) is 5.07. The number of rotatable bonds is 2. The Labute approximate surface area is 93.3 Å². The zero-order valence-corrected chi connectivity index (χ0v) is 9.23. The van der Waals surface area contributed by atoms with Crippen molar-refractivity contribution in [3.05, 3.63) is 23.5 Å². The van der Waals surface area contributed by atoms with Gasteiger partial charge in [0, 0.05) is 25.2 Å². The van der Waals surface area contributed by atoms with Crippen LogP contribution in [0.2, 0.25) is 0 Å². The fourth-order valence-corrected chi connectivity index (χ4v) is 1.57. The molecule has 0 aromatic heterocycles. The summed E-state index contributed by atoms with van der Waals surface area (Å²) in [6, 6.07) is 0. The van der Waals surface area contributed by atoms with Gasteiger partial charge in [0.2, 0.25) is 0 Å². The maximum Gasteiger partial charge on any atom is 0.336 e. The van der Waals surface area contributed by atoms with E-state index in [0.29, 0.717) is 24.1 Å². The summed E-state index contributed by atoms with van der Waals surface area (Å²) in [6.07, 6.45) is 2.94. The second-order valence-corrected chi connectivity index (χ2v) is 3.88. The van der Waals surface area contributed by atoms with Crippen molar-refractivity contribution in [2.75, 3.05) is 13.6 Å². The van der Waals surface area contributed by atoms with Gasteiger partial charge in [-0.25, -0.2) is 4.79 Å². The van der Waals surface area contributed by atoms with Crippen LogP contribution in [-0.4, -0.2) is 36.7 Å². The van der Waals surface area contributed by atoms with Gasteiger partial charge in [-0.1, -0.05) is 0 Å². The second-order valence-electron chi connectivity index (χ2n) is 3.88. The molecule has 1 saturated heterocycles. The summed E-state index contributed by atoms with van der Waals surface area (Å²) in [5, 5.41) is 0. The van der Waals surface area contributed by atoms with Crippen LogP contribution in [0.3, 0.4) is 0 Å². The van der Waals surface area contributed by atoms with Crippen molar-refractivity contribution >= 4 is 11.9 Å². The zero-order chi connectivity index (χ0) is 11.7. The molecule has 1 unspecified atom stereocenters. The van der Waals surface area contributed by atoms with E-state index in [1.165, 1.54) is 6.26 Å². The Morgan fingerprint density at radius 1 is 1.56 bits per heavy atom. The molecule has 0 N–H and O–H groups in total. The molecule has 1 amide bonds. The summed E-state index contributed by atoms with van der Waals surface area (Å²) in [7, 11) is 1.74. The summed E-state index contributed by atoms with van der Waals surface area (Å²) in [5.74, 6) is -0.414. The van der Waals surface area contributed by atoms with E-state index >= 15 is 0 Å². The van der Waals surface area contributed by atoms with Gasteiger partial charge < -0.3 is 14.4 Å². The molecule has 2 aliphatic heterocycles. The molecule has 0 radical (unpaired) electrons. The molecule has 0 bridgehead atoms. The topological polar surface area (TPSA) is 55.8 Å². The largest absolute Gasteiger partial charge is 0.458 e. The molecular formula is C11H13NO4. The number of hydrogen-bond acceptors (Lipinski definition) is 4. The van der Waals surface area contributed by atoms with Crippen molar-refractivity contribution in [3.8, 4) is 0 Å². The van der Waals surface area contributed by atoms with Crippen LogP contribution in [0.5, 0.6) is 0 Å². The van der Waals surface area contributed by atoms with E-state index in [1.54, 1.807) is 24.9 Å². The van der Waals surface area contributed by atoms with Gasteiger partial charge in [-0.05, 0) is 13.3 Å². The van der Waals surface area contributed by atoms with Crippen molar-refractivity contribution in [2.45, 2.75) is 19.6 Å². The molecule has 0 saturated carbocycles. The fraction of sp³-hybridized carbons (Fsp3) is 0.455. The molecule has 2 rings (SSSR count). The number of cyclic esters (lactones) is 1. The molecule has 5 heteroatoms. The summed E-state index contributed by atoms with van der Waals surface area (Å²) in [6.45, 7) is 2.36. The summed E-state index contributed by atoms with van der Waals surface area (Å²) >= 11 is 0. The molecule has 86 valence electrons. The minimum atomic E-state index is -0.696. The maximum absolute atomic E-state index is 11.5. The minimum absolute atomic E-state index is 0.0370. The molecule has 0 aliphatic carbocycles. The first-order valence-electron chi connectivity index (χ1n) is 5.07. The predicted molar refractivity (Wildman–Crippen MR) is 55.1 cm³/mol. The number of nitrogens with zero attached hydrogens (tertiary/aromatic N) is 1. The van der Waals surface area contributed by atoms with Crippen molar-refractivity contribution in [3.63, 3.8) is 0 Å². The first kappa shape index (κ1) is 10.7. The third kappa shape index (κ3) is 1.93. The van der Waals surface area contributed by atoms with Gasteiger partial charge in [0.25, 0.3) is 12.2 Å². The van der Waals surface area contributed by atoms with Gasteiger partial charge in [-0.15, -0.1) is 0 Å². The van der Waals surface area contributed by atoms with Crippen molar-refractivity contribution < 1.29 is 19.1 Å². The number of esters is 1. The van der Waals surface area contributed by atoms with Crippen LogP contribution < -0.4 is 0 Å². The molecule has 0 aromatic rings. The van der Waals surface area contributed by atoms with Crippen molar-refractivity contribution in [2.24, 2.45) is 0 Å². The average Bonchev–Trinajstić information content (AvgIpc) is 2.72. The zero-order valence-electron chi connectivity index (χ0n) is 9.23. The molecular weight excluding hydrogens is 210 g/mol. The Morgan fingerprint density at radius 3 is 2.81 bits per heavy atom. The number of likely N-dealkylation sites (tertiary alicyclic amines) is 1. The van der Waals surface area contributed by atoms with Crippen LogP contribution >= 0.6 is 0 Å². The number of carbonyl (C=O) groups excluding carboxylic acids is 2. The lowest BCUT2D eigenvalue weighted by molar-refractivity contribution is -0.152. The van der Waals surface area contributed by atoms with Crippen LogP contribution in [0.4, 0.5) is 0 Å². The molecule has 0 aromatic carbocycles. The lowest BCUT2D eigenvalue weighted by Crippen LogP contribution is -2.19. The lowest BCUT2D eigenvalue weighted by atomic mass is 10.2. The molecule has 2 heterocycles. The van der Waals surface area contributed by atoms with E-state index in [9.17, 15) is 9.59 Å². The highest BCUT2D eigenvalue weighted by Crippen LogP contribution is 2.18. The molecule has 16 heavy (non-hydrogen) atoms. The van der Waals surface area contributed by atoms with Crippen molar-refractivity contribution in [1.29, 1.82) is 0 Å². The Hall–Kier alpha value is -1.78. The van der Waals surface area contributed by atoms with Crippen LogP contribution in [0.1, 0.15) is 13.3 Å². The molecule has 1 fully saturated rings. The Bertz CT molecular complexity index is 397. The van der Waals surface area contributed by atoms with Gasteiger partial charge in [0.15, 0.2) is 0 Å². The second kappa shape index (κ2) is 4.00. The number of likely N-dealkylation sites (N-methyl/N-ethyl adjacent to an activating group) is 1. The van der Waals surface area contributed by atoms with Gasteiger partial charge >= 0.3 is 5.97 Å². The third-order valence-electron chi connectivity index (χ3n) is 2.61. The van der Waals surface area contributed by atoms with Crippen LogP contribution in [0.25, 0.3) is 0 Å². The van der Waals surface area contributed by atoms with Gasteiger partial charge in [0.05, 0.1) is 11.8 Å². The highest BCUT2D eigenvalue weighted by Gasteiger charge is 2.25.